The first-order valence-corrected chi connectivity index (χ1v) is 9.60. The molecule has 1 aromatic carbocycles. The number of rotatable bonds is 8. The Morgan fingerprint density at radius 1 is 1.04 bits per heavy atom. The fourth-order valence-corrected chi connectivity index (χ4v) is 3.84. The second-order valence-corrected chi connectivity index (χ2v) is 7.06. The highest BCUT2D eigenvalue weighted by molar-refractivity contribution is 6.31. The second kappa shape index (κ2) is 9.79. The van der Waals surface area contributed by atoms with Crippen molar-refractivity contribution in [2.45, 2.75) is 31.6 Å². The highest BCUT2D eigenvalue weighted by atomic mass is 35.5. The summed E-state index contributed by atoms with van der Waals surface area (Å²) in [5, 5.41) is 0.864. The van der Waals surface area contributed by atoms with Gasteiger partial charge in [0.1, 0.15) is 12.4 Å². The van der Waals surface area contributed by atoms with E-state index in [2.05, 4.69) is 17.1 Å². The average Bonchev–Trinajstić information content (AvgIpc) is 2.68. The van der Waals surface area contributed by atoms with E-state index < -0.39 is 0 Å². The number of halogens is 1. The molecule has 0 N–H and O–H groups in total. The highest BCUT2D eigenvalue weighted by Crippen LogP contribution is 2.40. The van der Waals surface area contributed by atoms with Crippen LogP contribution in [0, 0.1) is 5.92 Å². The molecule has 1 saturated carbocycles. The maximum Gasteiger partial charge on any atom is 0.213 e. The van der Waals surface area contributed by atoms with Gasteiger partial charge in [-0.05, 0) is 42.4 Å². The van der Waals surface area contributed by atoms with Crippen LogP contribution in [0.2, 0.25) is 5.02 Å². The number of benzene rings is 1. The number of pyridine rings is 1. The molecule has 0 bridgehead atoms. The van der Waals surface area contributed by atoms with E-state index >= 15 is 0 Å². The lowest BCUT2D eigenvalue weighted by atomic mass is 9.76. The largest absolute Gasteiger partial charge is 0.492 e. The van der Waals surface area contributed by atoms with Gasteiger partial charge in [0.2, 0.25) is 5.88 Å². The summed E-state index contributed by atoms with van der Waals surface area (Å²) in [7, 11) is 1.65. The number of methoxy groups -OCH3 is 1. The van der Waals surface area contributed by atoms with Crippen molar-refractivity contribution in [2.24, 2.45) is 5.92 Å². The van der Waals surface area contributed by atoms with Gasteiger partial charge < -0.3 is 14.2 Å². The van der Waals surface area contributed by atoms with Crippen molar-refractivity contribution in [3.05, 3.63) is 53.2 Å². The first-order chi connectivity index (χ1) is 12.8. The van der Waals surface area contributed by atoms with Crippen LogP contribution < -0.4 is 9.47 Å². The fourth-order valence-electron chi connectivity index (χ4n) is 3.56. The average molecular weight is 376 g/mol. The van der Waals surface area contributed by atoms with Crippen LogP contribution in [0.4, 0.5) is 0 Å². The summed E-state index contributed by atoms with van der Waals surface area (Å²) >= 11 is 6.44. The van der Waals surface area contributed by atoms with Gasteiger partial charge in [-0.25, -0.2) is 4.98 Å². The first-order valence-electron chi connectivity index (χ1n) is 9.23. The van der Waals surface area contributed by atoms with Crippen LogP contribution in [0.1, 0.15) is 37.2 Å². The molecule has 2 atom stereocenters. The zero-order valence-electron chi connectivity index (χ0n) is 15.2. The molecule has 0 spiro atoms. The quantitative estimate of drug-likeness (QED) is 0.601. The lowest BCUT2D eigenvalue weighted by molar-refractivity contribution is 0.143. The first kappa shape index (κ1) is 19.0. The molecule has 5 heteroatoms. The van der Waals surface area contributed by atoms with Crippen LogP contribution in [-0.4, -0.2) is 31.9 Å². The molecule has 3 rings (SSSR count). The number of hydrogen-bond donors (Lipinski definition) is 0. The van der Waals surface area contributed by atoms with Gasteiger partial charge >= 0.3 is 0 Å². The zero-order valence-corrected chi connectivity index (χ0v) is 16.0. The predicted molar refractivity (Wildman–Crippen MR) is 103 cm³/mol. The van der Waals surface area contributed by atoms with Crippen LogP contribution in [0.3, 0.4) is 0 Å². The van der Waals surface area contributed by atoms with Gasteiger partial charge in [-0.2, -0.15) is 0 Å². The fraction of sp³-hybridized carbons (Fsp3) is 0.476. The van der Waals surface area contributed by atoms with Crippen molar-refractivity contribution in [3.63, 3.8) is 0 Å². The topological polar surface area (TPSA) is 40.6 Å². The van der Waals surface area contributed by atoms with Gasteiger partial charge in [0, 0.05) is 18.2 Å². The van der Waals surface area contributed by atoms with Gasteiger partial charge in [0.25, 0.3) is 0 Å². The molecule has 0 saturated heterocycles. The summed E-state index contributed by atoms with van der Waals surface area (Å²) in [5.74, 6) is 2.29. The maximum absolute atomic E-state index is 6.44. The van der Waals surface area contributed by atoms with Crippen LogP contribution in [0.15, 0.2) is 42.6 Å². The Hall–Kier alpha value is -1.78. The monoisotopic (exact) mass is 375 g/mol. The summed E-state index contributed by atoms with van der Waals surface area (Å²) in [4.78, 5) is 4.28. The number of ether oxygens (including phenoxy) is 3. The van der Waals surface area contributed by atoms with Crippen LogP contribution in [-0.2, 0) is 4.74 Å². The Labute approximate surface area is 160 Å². The molecule has 2 unspecified atom stereocenters. The molecular weight excluding hydrogens is 350 g/mol. The van der Waals surface area contributed by atoms with Crippen molar-refractivity contribution in [1.82, 2.24) is 4.98 Å². The smallest absolute Gasteiger partial charge is 0.213 e. The van der Waals surface area contributed by atoms with Gasteiger partial charge in [-0.3, -0.25) is 0 Å². The molecule has 4 nitrogen and oxygen atoms in total. The van der Waals surface area contributed by atoms with Gasteiger partial charge in [0.05, 0.1) is 19.4 Å². The summed E-state index contributed by atoms with van der Waals surface area (Å²) in [6.07, 6.45) is 6.56. The minimum atomic E-state index is 0.460. The Bertz CT molecular complexity index is 677. The number of hydrogen-bond acceptors (Lipinski definition) is 4. The standard InChI is InChI=1S/C21H26ClNO3/c1-24-12-13-25-21-11-10-17(14-23-21)26-15-16-6-2-3-7-18(16)19-8-4-5-9-20(19)22/h4-5,8-11,14,16,18H,2-3,6-7,12-13,15H2,1H3. The van der Waals surface area contributed by atoms with E-state index in [-0.39, 0.29) is 0 Å². The van der Waals surface area contributed by atoms with Crippen molar-refractivity contribution >= 4 is 11.6 Å². The summed E-state index contributed by atoms with van der Waals surface area (Å²) in [5.41, 5.74) is 1.25. The van der Waals surface area contributed by atoms with Crippen molar-refractivity contribution in [3.8, 4) is 11.6 Å². The zero-order chi connectivity index (χ0) is 18.2. The van der Waals surface area contributed by atoms with Crippen LogP contribution in [0.25, 0.3) is 0 Å². The summed E-state index contributed by atoms with van der Waals surface area (Å²) < 4.78 is 16.5. The summed E-state index contributed by atoms with van der Waals surface area (Å²) in [6, 6.07) is 11.9. The van der Waals surface area contributed by atoms with E-state index in [1.54, 1.807) is 13.3 Å². The van der Waals surface area contributed by atoms with Crippen LogP contribution in [0.5, 0.6) is 11.6 Å². The van der Waals surface area contributed by atoms with Crippen molar-refractivity contribution < 1.29 is 14.2 Å². The van der Waals surface area contributed by atoms with E-state index in [4.69, 9.17) is 25.8 Å². The van der Waals surface area contributed by atoms with E-state index in [1.807, 2.05) is 24.3 Å². The molecule has 140 valence electrons. The third-order valence-corrected chi connectivity index (χ3v) is 5.27. The Morgan fingerprint density at radius 3 is 2.65 bits per heavy atom. The third kappa shape index (κ3) is 5.12. The van der Waals surface area contributed by atoms with E-state index in [0.29, 0.717) is 37.5 Å². The SMILES string of the molecule is COCCOc1ccc(OCC2CCCCC2c2ccccc2Cl)cn1. The molecule has 1 fully saturated rings. The maximum atomic E-state index is 6.44. The van der Waals surface area contributed by atoms with Crippen LogP contribution >= 0.6 is 11.6 Å². The van der Waals surface area contributed by atoms with Crippen molar-refractivity contribution in [2.75, 3.05) is 26.9 Å². The Morgan fingerprint density at radius 2 is 1.88 bits per heavy atom. The van der Waals surface area contributed by atoms with Gasteiger partial charge in [-0.1, -0.05) is 42.6 Å². The molecule has 1 aliphatic rings. The molecule has 1 aromatic heterocycles. The predicted octanol–water partition coefficient (Wildman–Crippen LogP) is 5.11. The highest BCUT2D eigenvalue weighted by Gasteiger charge is 2.28. The van der Waals surface area contributed by atoms with E-state index in [0.717, 1.165) is 10.8 Å². The van der Waals surface area contributed by atoms with Crippen molar-refractivity contribution in [1.29, 1.82) is 0 Å². The van der Waals surface area contributed by atoms with Gasteiger partial charge in [0.15, 0.2) is 0 Å². The molecule has 0 aliphatic heterocycles. The minimum absolute atomic E-state index is 0.460. The van der Waals surface area contributed by atoms with Gasteiger partial charge in [-0.15, -0.1) is 0 Å². The molecule has 26 heavy (non-hydrogen) atoms. The molecule has 1 aliphatic carbocycles. The number of nitrogens with zero attached hydrogens (tertiary/aromatic N) is 1. The Kier molecular flexibility index (Phi) is 7.15. The lowest BCUT2D eigenvalue weighted by Gasteiger charge is -2.32. The molecular formula is C21H26ClNO3. The second-order valence-electron chi connectivity index (χ2n) is 6.66. The Balaban J connectivity index is 1.58. The minimum Gasteiger partial charge on any atom is -0.492 e. The number of aromatic nitrogens is 1. The van der Waals surface area contributed by atoms with E-state index in [1.165, 1.54) is 31.2 Å². The van der Waals surface area contributed by atoms with E-state index in [9.17, 15) is 0 Å². The molecule has 0 radical (unpaired) electrons. The molecule has 1 heterocycles. The third-order valence-electron chi connectivity index (χ3n) is 4.92. The normalized spacial score (nSPS) is 19.9. The molecule has 0 amide bonds. The molecule has 2 aromatic rings. The summed E-state index contributed by atoms with van der Waals surface area (Å²) in [6.45, 7) is 1.72. The lowest BCUT2D eigenvalue weighted by Crippen LogP contribution is -2.24.